The van der Waals surface area contributed by atoms with Gasteiger partial charge in [-0.15, -0.1) is 0 Å². The Hall–Kier alpha value is -0.740. The van der Waals surface area contributed by atoms with Gasteiger partial charge >= 0.3 is 6.18 Å². The third-order valence-corrected chi connectivity index (χ3v) is 1.15. The van der Waals surface area contributed by atoms with Crippen molar-refractivity contribution in [2.75, 3.05) is 0 Å². The van der Waals surface area contributed by atoms with Crippen LogP contribution in [0, 0.1) is 0 Å². The van der Waals surface area contributed by atoms with Crippen LogP contribution in [0.25, 0.3) is 0 Å². The molecule has 0 radical (unpaired) electrons. The van der Waals surface area contributed by atoms with Crippen LogP contribution >= 0.6 is 0 Å². The maximum Gasteiger partial charge on any atom is 0.432 e. The van der Waals surface area contributed by atoms with Gasteiger partial charge in [0.25, 0.3) is 0 Å². The van der Waals surface area contributed by atoms with Crippen molar-refractivity contribution in [3.63, 3.8) is 0 Å². The number of halogens is 3. The van der Waals surface area contributed by atoms with Crippen LogP contribution in [0.3, 0.4) is 0 Å². The Morgan fingerprint density at radius 1 is 1.60 bits per heavy atom. The zero-order valence-electron chi connectivity index (χ0n) is 5.27. The summed E-state index contributed by atoms with van der Waals surface area (Å²) in [6.45, 7) is 1.54. The minimum atomic E-state index is -4.31. The van der Waals surface area contributed by atoms with E-state index in [1.807, 2.05) is 0 Å². The van der Waals surface area contributed by atoms with E-state index in [1.54, 1.807) is 6.92 Å². The summed E-state index contributed by atoms with van der Waals surface area (Å²) < 4.78 is 35.2. The van der Waals surface area contributed by atoms with Gasteiger partial charge in [0, 0.05) is 6.42 Å². The van der Waals surface area contributed by atoms with Crippen molar-refractivity contribution in [1.82, 2.24) is 0 Å². The van der Waals surface area contributed by atoms with Crippen molar-refractivity contribution in [3.05, 3.63) is 0 Å². The molecule has 0 bridgehead atoms. The molecule has 5 heteroatoms. The van der Waals surface area contributed by atoms with Gasteiger partial charge in [-0.3, -0.25) is 0 Å². The average Bonchev–Trinajstić information content (AvgIpc) is 2.11. The molecule has 0 amide bonds. The Bertz CT molecular complexity index is 163. The molecule has 0 saturated heterocycles. The average molecular weight is 153 g/mol. The molecule has 0 aromatic heterocycles. The van der Waals surface area contributed by atoms with E-state index >= 15 is 0 Å². The van der Waals surface area contributed by atoms with Gasteiger partial charge in [0.1, 0.15) is 6.10 Å². The molecule has 1 atom stereocenters. The predicted octanol–water partition coefficient (Wildman–Crippen LogP) is 1.71. The van der Waals surface area contributed by atoms with Crippen molar-refractivity contribution < 1.29 is 18.0 Å². The summed E-state index contributed by atoms with van der Waals surface area (Å²) in [7, 11) is 0. The standard InChI is InChI=1S/C5H6F3NO/c1-3-2-4(9-10-3)5(6,7)8/h3H,2H2,1H3. The van der Waals surface area contributed by atoms with E-state index in [4.69, 9.17) is 0 Å². The highest BCUT2D eigenvalue weighted by Crippen LogP contribution is 2.24. The second-order valence-corrected chi connectivity index (χ2v) is 2.16. The largest absolute Gasteiger partial charge is 0.432 e. The van der Waals surface area contributed by atoms with Gasteiger partial charge in [-0.05, 0) is 6.92 Å². The zero-order valence-corrected chi connectivity index (χ0v) is 5.27. The smallest absolute Gasteiger partial charge is 0.392 e. The van der Waals surface area contributed by atoms with E-state index in [-0.39, 0.29) is 6.42 Å². The molecule has 0 aromatic rings. The molecule has 1 unspecified atom stereocenters. The molecule has 1 heterocycles. The summed E-state index contributed by atoms with van der Waals surface area (Å²) in [5, 5.41) is 2.88. The van der Waals surface area contributed by atoms with Crippen LogP contribution in [0.4, 0.5) is 13.2 Å². The Balaban J connectivity index is 2.60. The SMILES string of the molecule is CC1CC(C(F)(F)F)=NO1. The molecule has 0 aromatic carbocycles. The minimum absolute atomic E-state index is 0.135. The molecule has 0 fully saturated rings. The first-order valence-electron chi connectivity index (χ1n) is 2.80. The summed E-state index contributed by atoms with van der Waals surface area (Å²) in [6, 6.07) is 0. The Labute approximate surface area is 55.7 Å². The number of oxime groups is 1. The fourth-order valence-electron chi connectivity index (χ4n) is 0.668. The fraction of sp³-hybridized carbons (Fsp3) is 0.800. The Morgan fingerprint density at radius 3 is 2.40 bits per heavy atom. The normalized spacial score (nSPS) is 26.0. The van der Waals surface area contributed by atoms with Gasteiger partial charge in [0.05, 0.1) is 0 Å². The van der Waals surface area contributed by atoms with E-state index < -0.39 is 18.0 Å². The Morgan fingerprint density at radius 2 is 2.20 bits per heavy atom. The molecule has 58 valence electrons. The first-order chi connectivity index (χ1) is 4.50. The summed E-state index contributed by atoms with van der Waals surface area (Å²) in [6.07, 6.45) is -4.88. The van der Waals surface area contributed by atoms with Gasteiger partial charge in [-0.2, -0.15) is 13.2 Å². The summed E-state index contributed by atoms with van der Waals surface area (Å²) in [4.78, 5) is 4.36. The van der Waals surface area contributed by atoms with Crippen LogP contribution in [0.2, 0.25) is 0 Å². The van der Waals surface area contributed by atoms with Crippen molar-refractivity contribution in [1.29, 1.82) is 0 Å². The van der Waals surface area contributed by atoms with Crippen LogP contribution in [0.5, 0.6) is 0 Å². The molecule has 0 aliphatic carbocycles. The molecule has 1 aliphatic heterocycles. The number of hydrogen-bond donors (Lipinski definition) is 0. The zero-order chi connectivity index (χ0) is 7.78. The molecule has 0 N–H and O–H groups in total. The predicted molar refractivity (Wildman–Crippen MR) is 28.7 cm³/mol. The maximum atomic E-state index is 11.7. The van der Waals surface area contributed by atoms with Gasteiger partial charge in [0.2, 0.25) is 0 Å². The van der Waals surface area contributed by atoms with Crippen LogP contribution in [0.15, 0.2) is 5.16 Å². The Kier molecular flexibility index (Phi) is 1.58. The lowest BCUT2D eigenvalue weighted by molar-refractivity contribution is -0.0604. The van der Waals surface area contributed by atoms with Crippen molar-refractivity contribution in [3.8, 4) is 0 Å². The lowest BCUT2D eigenvalue weighted by atomic mass is 10.2. The summed E-state index contributed by atoms with van der Waals surface area (Å²) in [5.74, 6) is 0. The molecular weight excluding hydrogens is 147 g/mol. The van der Waals surface area contributed by atoms with Crippen LogP contribution in [-0.4, -0.2) is 18.0 Å². The van der Waals surface area contributed by atoms with Crippen LogP contribution in [0.1, 0.15) is 13.3 Å². The topological polar surface area (TPSA) is 21.6 Å². The minimum Gasteiger partial charge on any atom is -0.392 e. The van der Waals surface area contributed by atoms with Crippen LogP contribution in [-0.2, 0) is 4.84 Å². The first-order valence-corrected chi connectivity index (χ1v) is 2.80. The molecular formula is C5H6F3NO. The number of rotatable bonds is 0. The molecule has 1 aliphatic rings. The third kappa shape index (κ3) is 1.40. The van der Waals surface area contributed by atoms with Gasteiger partial charge in [-0.1, -0.05) is 5.16 Å². The van der Waals surface area contributed by atoms with E-state index in [0.717, 1.165) is 0 Å². The van der Waals surface area contributed by atoms with Gasteiger partial charge < -0.3 is 4.84 Å². The summed E-state index contributed by atoms with van der Waals surface area (Å²) in [5.41, 5.74) is -0.819. The lowest BCUT2D eigenvalue weighted by Gasteiger charge is -2.01. The summed E-state index contributed by atoms with van der Waals surface area (Å²) >= 11 is 0. The highest BCUT2D eigenvalue weighted by Gasteiger charge is 2.40. The van der Waals surface area contributed by atoms with E-state index in [2.05, 4.69) is 9.99 Å². The van der Waals surface area contributed by atoms with Gasteiger partial charge in [0.15, 0.2) is 5.71 Å². The maximum absolute atomic E-state index is 11.7. The highest BCUT2D eigenvalue weighted by molar-refractivity contribution is 5.90. The van der Waals surface area contributed by atoms with Crippen molar-refractivity contribution in [2.45, 2.75) is 25.6 Å². The number of nitrogens with zero attached hydrogens (tertiary/aromatic N) is 1. The first kappa shape index (κ1) is 7.37. The van der Waals surface area contributed by atoms with Gasteiger partial charge in [-0.25, -0.2) is 0 Å². The second-order valence-electron chi connectivity index (χ2n) is 2.16. The van der Waals surface area contributed by atoms with Crippen molar-refractivity contribution in [2.24, 2.45) is 5.16 Å². The monoisotopic (exact) mass is 153 g/mol. The molecule has 1 rings (SSSR count). The van der Waals surface area contributed by atoms with Crippen molar-refractivity contribution >= 4 is 5.71 Å². The second kappa shape index (κ2) is 2.14. The lowest BCUT2D eigenvalue weighted by Crippen LogP contribution is -2.21. The molecule has 10 heavy (non-hydrogen) atoms. The van der Waals surface area contributed by atoms with Crippen LogP contribution < -0.4 is 0 Å². The molecule has 0 saturated carbocycles. The molecule has 2 nitrogen and oxygen atoms in total. The highest BCUT2D eigenvalue weighted by atomic mass is 19.4. The molecule has 0 spiro atoms. The van der Waals surface area contributed by atoms with E-state index in [1.165, 1.54) is 0 Å². The third-order valence-electron chi connectivity index (χ3n) is 1.15. The number of hydrogen-bond acceptors (Lipinski definition) is 2. The number of alkyl halides is 3. The fourth-order valence-corrected chi connectivity index (χ4v) is 0.668. The van der Waals surface area contributed by atoms with E-state index in [0.29, 0.717) is 0 Å². The van der Waals surface area contributed by atoms with E-state index in [9.17, 15) is 13.2 Å². The quantitative estimate of drug-likeness (QED) is 0.519.